The monoisotopic (exact) mass is 291 g/mol. The summed E-state index contributed by atoms with van der Waals surface area (Å²) >= 11 is 5.00. The van der Waals surface area contributed by atoms with Crippen molar-refractivity contribution in [2.24, 2.45) is 5.73 Å². The van der Waals surface area contributed by atoms with Crippen LogP contribution in [0.2, 0.25) is 0 Å². The number of nitrogens with one attached hydrogen (secondary N) is 1. The lowest BCUT2D eigenvalue weighted by molar-refractivity contribution is -0.117. The van der Waals surface area contributed by atoms with Crippen LogP contribution < -0.4 is 11.1 Å². The molecule has 1 fully saturated rings. The SMILES string of the molecule is CCC1CCCN1CC(=O)Nc1ccccc1C(N)=S. The van der Waals surface area contributed by atoms with Gasteiger partial charge in [-0.2, -0.15) is 0 Å². The van der Waals surface area contributed by atoms with Crippen LogP contribution in [0, 0.1) is 0 Å². The Morgan fingerprint density at radius 1 is 1.50 bits per heavy atom. The smallest absolute Gasteiger partial charge is 0.238 e. The van der Waals surface area contributed by atoms with Gasteiger partial charge in [0.05, 0.1) is 12.2 Å². The van der Waals surface area contributed by atoms with E-state index in [9.17, 15) is 4.79 Å². The predicted octanol–water partition coefficient (Wildman–Crippen LogP) is 2.13. The Balaban J connectivity index is 2.00. The average molecular weight is 291 g/mol. The highest BCUT2D eigenvalue weighted by atomic mass is 32.1. The lowest BCUT2D eigenvalue weighted by Crippen LogP contribution is -2.36. The zero-order valence-electron chi connectivity index (χ0n) is 11.8. The minimum Gasteiger partial charge on any atom is -0.389 e. The summed E-state index contributed by atoms with van der Waals surface area (Å²) in [5.74, 6) is -0.00551. The molecule has 0 saturated carbocycles. The molecule has 0 bridgehead atoms. The lowest BCUT2D eigenvalue weighted by Gasteiger charge is -2.22. The molecule has 2 rings (SSSR count). The summed E-state index contributed by atoms with van der Waals surface area (Å²) in [6, 6.07) is 7.91. The van der Waals surface area contributed by atoms with Crippen LogP contribution in [0.25, 0.3) is 0 Å². The number of amides is 1. The van der Waals surface area contributed by atoms with Gasteiger partial charge in [0, 0.05) is 11.6 Å². The van der Waals surface area contributed by atoms with Gasteiger partial charge in [0.2, 0.25) is 5.91 Å². The summed E-state index contributed by atoms with van der Waals surface area (Å²) < 4.78 is 0. The molecule has 4 nitrogen and oxygen atoms in total. The first-order chi connectivity index (χ1) is 9.61. The molecule has 1 unspecified atom stereocenters. The second-order valence-corrected chi connectivity index (χ2v) is 5.57. The van der Waals surface area contributed by atoms with E-state index in [-0.39, 0.29) is 5.91 Å². The summed E-state index contributed by atoms with van der Waals surface area (Å²) in [5.41, 5.74) is 7.07. The van der Waals surface area contributed by atoms with Crippen molar-refractivity contribution in [3.63, 3.8) is 0 Å². The molecule has 1 aromatic rings. The molecule has 5 heteroatoms. The fourth-order valence-electron chi connectivity index (χ4n) is 2.75. The van der Waals surface area contributed by atoms with Crippen molar-refractivity contribution in [2.45, 2.75) is 32.2 Å². The third-order valence-corrected chi connectivity index (χ3v) is 4.00. The number of hydrogen-bond acceptors (Lipinski definition) is 3. The Morgan fingerprint density at radius 2 is 2.25 bits per heavy atom. The van der Waals surface area contributed by atoms with Gasteiger partial charge in [-0.1, -0.05) is 31.3 Å². The number of anilines is 1. The largest absolute Gasteiger partial charge is 0.389 e. The average Bonchev–Trinajstić information content (AvgIpc) is 2.86. The number of thiocarbonyl (C=S) groups is 1. The van der Waals surface area contributed by atoms with Gasteiger partial charge in [0.25, 0.3) is 0 Å². The van der Waals surface area contributed by atoms with Crippen molar-refractivity contribution in [2.75, 3.05) is 18.4 Å². The van der Waals surface area contributed by atoms with Crippen LogP contribution in [0.4, 0.5) is 5.69 Å². The van der Waals surface area contributed by atoms with Gasteiger partial charge in [-0.25, -0.2) is 0 Å². The molecule has 0 spiro atoms. The normalized spacial score (nSPS) is 18.9. The van der Waals surface area contributed by atoms with Crippen LogP contribution in [0.3, 0.4) is 0 Å². The van der Waals surface area contributed by atoms with E-state index in [1.165, 1.54) is 12.8 Å². The van der Waals surface area contributed by atoms with Crippen LogP contribution in [-0.2, 0) is 4.79 Å². The second-order valence-electron chi connectivity index (χ2n) is 5.13. The van der Waals surface area contributed by atoms with Crippen LogP contribution in [0.1, 0.15) is 31.7 Å². The summed E-state index contributed by atoms with van der Waals surface area (Å²) in [7, 11) is 0. The zero-order chi connectivity index (χ0) is 14.5. The molecule has 1 heterocycles. The highest BCUT2D eigenvalue weighted by Gasteiger charge is 2.24. The van der Waals surface area contributed by atoms with Crippen molar-refractivity contribution in [1.82, 2.24) is 4.90 Å². The van der Waals surface area contributed by atoms with E-state index in [4.69, 9.17) is 18.0 Å². The van der Waals surface area contributed by atoms with Crippen molar-refractivity contribution in [3.05, 3.63) is 29.8 Å². The van der Waals surface area contributed by atoms with Crippen LogP contribution >= 0.6 is 12.2 Å². The van der Waals surface area contributed by atoms with Gasteiger partial charge in [0.15, 0.2) is 0 Å². The number of carbonyl (C=O) groups is 1. The number of para-hydroxylation sites is 1. The van der Waals surface area contributed by atoms with E-state index in [0.29, 0.717) is 28.8 Å². The maximum Gasteiger partial charge on any atom is 0.238 e. The summed E-state index contributed by atoms with van der Waals surface area (Å²) in [6.45, 7) is 3.61. The second kappa shape index (κ2) is 6.81. The Morgan fingerprint density at radius 3 is 2.95 bits per heavy atom. The first kappa shape index (κ1) is 14.9. The Bertz CT molecular complexity index is 504. The molecule has 1 aromatic carbocycles. The molecular weight excluding hydrogens is 270 g/mol. The first-order valence-corrected chi connectivity index (χ1v) is 7.45. The Labute approximate surface area is 125 Å². The van der Waals surface area contributed by atoms with Gasteiger partial charge in [-0.15, -0.1) is 0 Å². The minimum atomic E-state index is -0.00551. The zero-order valence-corrected chi connectivity index (χ0v) is 12.6. The quantitative estimate of drug-likeness (QED) is 0.816. The van der Waals surface area contributed by atoms with Gasteiger partial charge in [-0.3, -0.25) is 9.69 Å². The molecule has 108 valence electrons. The topological polar surface area (TPSA) is 58.4 Å². The van der Waals surface area contributed by atoms with Gasteiger partial charge >= 0.3 is 0 Å². The molecule has 20 heavy (non-hydrogen) atoms. The maximum atomic E-state index is 12.2. The number of benzene rings is 1. The highest BCUT2D eigenvalue weighted by Crippen LogP contribution is 2.20. The van der Waals surface area contributed by atoms with Crippen LogP contribution in [0.5, 0.6) is 0 Å². The predicted molar refractivity (Wildman–Crippen MR) is 85.8 cm³/mol. The summed E-state index contributed by atoms with van der Waals surface area (Å²) in [6.07, 6.45) is 3.46. The van der Waals surface area contributed by atoms with E-state index in [1.54, 1.807) is 0 Å². The fraction of sp³-hybridized carbons (Fsp3) is 0.467. The highest BCUT2D eigenvalue weighted by molar-refractivity contribution is 7.80. The van der Waals surface area contributed by atoms with E-state index in [2.05, 4.69) is 17.1 Å². The molecule has 1 saturated heterocycles. The van der Waals surface area contributed by atoms with Crippen molar-refractivity contribution in [1.29, 1.82) is 0 Å². The molecule has 0 aliphatic carbocycles. The molecule has 1 aliphatic rings. The van der Waals surface area contributed by atoms with Crippen LogP contribution in [0.15, 0.2) is 24.3 Å². The van der Waals surface area contributed by atoms with E-state index in [0.717, 1.165) is 13.0 Å². The minimum absolute atomic E-state index is 0.00551. The van der Waals surface area contributed by atoms with Crippen molar-refractivity contribution >= 4 is 28.8 Å². The van der Waals surface area contributed by atoms with Gasteiger partial charge < -0.3 is 11.1 Å². The number of likely N-dealkylation sites (tertiary alicyclic amines) is 1. The Hall–Kier alpha value is -1.46. The standard InChI is InChI=1S/C15H21N3OS/c1-2-11-6-5-9-18(11)10-14(19)17-13-8-4-3-7-12(13)15(16)20/h3-4,7-8,11H,2,5-6,9-10H2,1H3,(H2,16,20)(H,17,19). The van der Waals surface area contributed by atoms with E-state index >= 15 is 0 Å². The first-order valence-electron chi connectivity index (χ1n) is 7.04. The van der Waals surface area contributed by atoms with Gasteiger partial charge in [-0.05, 0) is 37.9 Å². The molecule has 0 aromatic heterocycles. The molecule has 0 radical (unpaired) electrons. The third-order valence-electron chi connectivity index (χ3n) is 3.78. The fourth-order valence-corrected chi connectivity index (χ4v) is 2.92. The maximum absolute atomic E-state index is 12.2. The lowest BCUT2D eigenvalue weighted by atomic mass is 10.1. The molecule has 1 atom stereocenters. The van der Waals surface area contributed by atoms with E-state index in [1.807, 2.05) is 24.3 Å². The van der Waals surface area contributed by atoms with Crippen molar-refractivity contribution in [3.8, 4) is 0 Å². The van der Waals surface area contributed by atoms with Crippen molar-refractivity contribution < 1.29 is 4.79 Å². The molecular formula is C15H21N3OS. The molecule has 1 amide bonds. The summed E-state index contributed by atoms with van der Waals surface area (Å²) in [5, 5.41) is 2.92. The van der Waals surface area contributed by atoms with E-state index < -0.39 is 0 Å². The van der Waals surface area contributed by atoms with Gasteiger partial charge in [0.1, 0.15) is 4.99 Å². The summed E-state index contributed by atoms with van der Waals surface area (Å²) in [4.78, 5) is 14.7. The number of rotatable bonds is 5. The number of nitrogens with zero attached hydrogens (tertiary/aromatic N) is 1. The third kappa shape index (κ3) is 3.55. The number of carbonyl (C=O) groups excluding carboxylic acids is 1. The number of nitrogens with two attached hydrogens (primary N) is 1. The molecule has 3 N–H and O–H groups in total. The number of hydrogen-bond donors (Lipinski definition) is 2. The molecule has 1 aliphatic heterocycles. The van der Waals surface area contributed by atoms with Crippen LogP contribution in [-0.4, -0.2) is 34.9 Å². The Kier molecular flexibility index (Phi) is 5.09.